The molecule has 140 valence electrons. The van der Waals surface area contributed by atoms with Gasteiger partial charge in [-0.05, 0) is 49.9 Å². The largest absolute Gasteiger partial charge is 0.462 e. The van der Waals surface area contributed by atoms with Gasteiger partial charge in [0.1, 0.15) is 12.3 Å². The molecule has 6 nitrogen and oxygen atoms in total. The lowest BCUT2D eigenvalue weighted by Gasteiger charge is -2.13. The number of carbonyl (C=O) groups is 3. The minimum atomic E-state index is -0.618. The molecule has 0 N–H and O–H groups in total. The Morgan fingerprint density at radius 3 is 2.67 bits per heavy atom. The molecule has 1 saturated heterocycles. The number of carbonyl (C=O) groups excluding carboxylic acids is 3. The SMILES string of the molecule is CC(C)OC(=O)CN1C(=O)S/C(=C\c2ccc(Sc3ccccc3)o2)C1=O. The first kappa shape index (κ1) is 19.3. The first-order valence-electron chi connectivity index (χ1n) is 8.20. The van der Waals surface area contributed by atoms with Crippen molar-refractivity contribution in [3.05, 3.63) is 53.1 Å². The number of hydrogen-bond acceptors (Lipinski definition) is 7. The van der Waals surface area contributed by atoms with Gasteiger partial charge in [-0.25, -0.2) is 0 Å². The number of rotatable bonds is 6. The normalized spacial score (nSPS) is 15.8. The third-order valence-electron chi connectivity index (χ3n) is 3.37. The molecule has 1 aromatic heterocycles. The van der Waals surface area contributed by atoms with E-state index in [4.69, 9.17) is 9.15 Å². The Hall–Kier alpha value is -2.45. The highest BCUT2D eigenvalue weighted by Gasteiger charge is 2.37. The van der Waals surface area contributed by atoms with Crippen LogP contribution in [0.15, 0.2) is 61.8 Å². The molecule has 27 heavy (non-hydrogen) atoms. The van der Waals surface area contributed by atoms with Crippen molar-refractivity contribution in [2.75, 3.05) is 6.54 Å². The number of imide groups is 1. The van der Waals surface area contributed by atoms with E-state index in [1.54, 1.807) is 26.0 Å². The molecule has 0 spiro atoms. The van der Waals surface area contributed by atoms with Crippen LogP contribution in [0.4, 0.5) is 4.79 Å². The molecule has 0 bridgehead atoms. The van der Waals surface area contributed by atoms with Crippen molar-refractivity contribution in [2.45, 2.75) is 29.9 Å². The van der Waals surface area contributed by atoms with Crippen LogP contribution in [0, 0.1) is 0 Å². The van der Waals surface area contributed by atoms with E-state index in [2.05, 4.69) is 0 Å². The Bertz CT molecular complexity index is 889. The zero-order chi connectivity index (χ0) is 19.4. The molecular weight excluding hydrogens is 386 g/mol. The Morgan fingerprint density at radius 2 is 1.96 bits per heavy atom. The second-order valence-corrected chi connectivity index (χ2v) is 7.95. The second-order valence-electron chi connectivity index (χ2n) is 5.88. The summed E-state index contributed by atoms with van der Waals surface area (Å²) in [4.78, 5) is 38.3. The fourth-order valence-electron chi connectivity index (χ4n) is 2.27. The molecule has 1 aliphatic rings. The third-order valence-corrected chi connectivity index (χ3v) is 5.20. The van der Waals surface area contributed by atoms with Crippen LogP contribution >= 0.6 is 23.5 Å². The number of furan rings is 1. The molecule has 2 heterocycles. The van der Waals surface area contributed by atoms with Gasteiger partial charge < -0.3 is 9.15 Å². The van der Waals surface area contributed by atoms with Gasteiger partial charge in [-0.2, -0.15) is 0 Å². The molecule has 3 rings (SSSR count). The molecule has 0 aliphatic carbocycles. The first-order chi connectivity index (χ1) is 12.9. The average molecular weight is 403 g/mol. The summed E-state index contributed by atoms with van der Waals surface area (Å²) in [6.45, 7) is 3.01. The van der Waals surface area contributed by atoms with Crippen LogP contribution in [0.2, 0.25) is 0 Å². The van der Waals surface area contributed by atoms with Gasteiger partial charge in [0.2, 0.25) is 0 Å². The summed E-state index contributed by atoms with van der Waals surface area (Å²) in [7, 11) is 0. The van der Waals surface area contributed by atoms with Gasteiger partial charge in [-0.3, -0.25) is 19.3 Å². The monoisotopic (exact) mass is 403 g/mol. The van der Waals surface area contributed by atoms with E-state index in [1.807, 2.05) is 30.3 Å². The van der Waals surface area contributed by atoms with Crippen molar-refractivity contribution >= 4 is 46.7 Å². The number of esters is 1. The average Bonchev–Trinajstić information content (AvgIpc) is 3.15. The molecule has 0 radical (unpaired) electrons. The maximum absolute atomic E-state index is 12.4. The number of amides is 2. The van der Waals surface area contributed by atoms with E-state index >= 15 is 0 Å². The van der Waals surface area contributed by atoms with E-state index in [9.17, 15) is 14.4 Å². The molecule has 0 saturated carbocycles. The summed E-state index contributed by atoms with van der Waals surface area (Å²) < 4.78 is 10.7. The molecule has 0 atom stereocenters. The maximum atomic E-state index is 12.4. The first-order valence-corrected chi connectivity index (χ1v) is 9.83. The summed E-state index contributed by atoms with van der Waals surface area (Å²) in [6, 6.07) is 13.3. The van der Waals surface area contributed by atoms with Crippen molar-refractivity contribution in [1.29, 1.82) is 0 Å². The lowest BCUT2D eigenvalue weighted by molar-refractivity contribution is -0.149. The Labute approximate surface area is 164 Å². The molecule has 1 fully saturated rings. The van der Waals surface area contributed by atoms with Gasteiger partial charge >= 0.3 is 5.97 Å². The molecule has 1 aromatic carbocycles. The number of benzene rings is 1. The van der Waals surface area contributed by atoms with E-state index in [-0.39, 0.29) is 11.0 Å². The fraction of sp³-hybridized carbons (Fsp3) is 0.211. The zero-order valence-electron chi connectivity index (χ0n) is 14.7. The highest BCUT2D eigenvalue weighted by molar-refractivity contribution is 8.18. The van der Waals surface area contributed by atoms with E-state index < -0.39 is 23.7 Å². The highest BCUT2D eigenvalue weighted by Crippen LogP contribution is 2.34. The molecular formula is C19H17NO5S2. The second kappa shape index (κ2) is 8.49. The number of thioether (sulfide) groups is 1. The maximum Gasteiger partial charge on any atom is 0.326 e. The summed E-state index contributed by atoms with van der Waals surface area (Å²) in [6.07, 6.45) is 1.20. The molecule has 0 unspecified atom stereocenters. The molecule has 8 heteroatoms. The topological polar surface area (TPSA) is 76.8 Å². The van der Waals surface area contributed by atoms with Crippen LogP contribution < -0.4 is 0 Å². The van der Waals surface area contributed by atoms with Crippen molar-refractivity contribution in [3.8, 4) is 0 Å². The third kappa shape index (κ3) is 5.05. The summed E-state index contributed by atoms with van der Waals surface area (Å²) >= 11 is 2.23. The zero-order valence-corrected chi connectivity index (χ0v) is 16.3. The molecule has 2 amide bonds. The predicted octanol–water partition coefficient (Wildman–Crippen LogP) is 4.42. The van der Waals surface area contributed by atoms with Gasteiger partial charge in [0.25, 0.3) is 11.1 Å². The van der Waals surface area contributed by atoms with Crippen molar-refractivity contribution in [1.82, 2.24) is 4.90 Å². The lowest BCUT2D eigenvalue weighted by Crippen LogP contribution is -2.35. The standard InChI is InChI=1S/C19H17NO5S2/c1-12(2)24-16(21)11-20-18(22)15(27-19(20)23)10-13-8-9-17(25-13)26-14-6-4-3-5-7-14/h3-10,12H,11H2,1-2H3/b15-10-. The minimum Gasteiger partial charge on any atom is -0.462 e. The summed E-state index contributed by atoms with van der Waals surface area (Å²) in [5.74, 6) is -0.684. The summed E-state index contributed by atoms with van der Waals surface area (Å²) in [5.41, 5.74) is 0. The summed E-state index contributed by atoms with van der Waals surface area (Å²) in [5, 5.41) is 0.171. The van der Waals surface area contributed by atoms with Crippen molar-refractivity contribution < 1.29 is 23.5 Å². The molecule has 1 aliphatic heterocycles. The van der Waals surface area contributed by atoms with Crippen LogP contribution in [-0.4, -0.2) is 34.7 Å². The van der Waals surface area contributed by atoms with E-state index in [0.29, 0.717) is 10.9 Å². The Kier molecular flexibility index (Phi) is 6.08. The van der Waals surface area contributed by atoms with Gasteiger partial charge in [0.15, 0.2) is 5.09 Å². The van der Waals surface area contributed by atoms with Crippen LogP contribution in [0.25, 0.3) is 6.08 Å². The van der Waals surface area contributed by atoms with Crippen LogP contribution in [0.3, 0.4) is 0 Å². The molecule has 2 aromatic rings. The predicted molar refractivity (Wildman–Crippen MR) is 103 cm³/mol. The number of ether oxygens (including phenoxy) is 1. The Morgan fingerprint density at radius 1 is 1.22 bits per heavy atom. The van der Waals surface area contributed by atoms with Crippen LogP contribution in [0.1, 0.15) is 19.6 Å². The van der Waals surface area contributed by atoms with Gasteiger partial charge in [0.05, 0.1) is 11.0 Å². The van der Waals surface area contributed by atoms with Crippen LogP contribution in [0.5, 0.6) is 0 Å². The smallest absolute Gasteiger partial charge is 0.326 e. The quantitative estimate of drug-likeness (QED) is 0.522. The van der Waals surface area contributed by atoms with Crippen molar-refractivity contribution in [2.24, 2.45) is 0 Å². The minimum absolute atomic E-state index is 0.211. The van der Waals surface area contributed by atoms with Crippen LogP contribution in [-0.2, 0) is 14.3 Å². The lowest BCUT2D eigenvalue weighted by atomic mass is 10.3. The van der Waals surface area contributed by atoms with E-state index in [0.717, 1.165) is 21.6 Å². The van der Waals surface area contributed by atoms with E-state index in [1.165, 1.54) is 17.8 Å². The Balaban J connectivity index is 1.68. The number of nitrogens with zero attached hydrogens (tertiary/aromatic N) is 1. The fourth-order valence-corrected chi connectivity index (χ4v) is 3.88. The van der Waals surface area contributed by atoms with Gasteiger partial charge in [0, 0.05) is 11.0 Å². The van der Waals surface area contributed by atoms with Gasteiger partial charge in [-0.15, -0.1) is 0 Å². The van der Waals surface area contributed by atoms with Crippen molar-refractivity contribution in [3.63, 3.8) is 0 Å². The highest BCUT2D eigenvalue weighted by atomic mass is 32.2. The number of hydrogen-bond donors (Lipinski definition) is 0. The van der Waals surface area contributed by atoms with Gasteiger partial charge in [-0.1, -0.05) is 30.0 Å².